The Morgan fingerprint density at radius 3 is 2.65 bits per heavy atom. The number of rotatable bonds is 7. The number of amides is 1. The monoisotopic (exact) mass is 334 g/mol. The van der Waals surface area contributed by atoms with Crippen molar-refractivity contribution in [3.05, 3.63) is 22.4 Å². The van der Waals surface area contributed by atoms with E-state index in [1.54, 1.807) is 11.3 Å². The summed E-state index contributed by atoms with van der Waals surface area (Å²) in [7, 11) is 0. The van der Waals surface area contributed by atoms with Crippen LogP contribution in [0.2, 0.25) is 0 Å². The van der Waals surface area contributed by atoms with Gasteiger partial charge in [0, 0.05) is 32.6 Å². The summed E-state index contributed by atoms with van der Waals surface area (Å²) in [5.74, 6) is 1.23. The SMILES string of the molecule is O=C(CCC1CCCC1)N1CCN(CCCc2ccsc2)CC1. The summed E-state index contributed by atoms with van der Waals surface area (Å²) >= 11 is 1.78. The molecule has 2 aliphatic rings. The molecule has 0 atom stereocenters. The van der Waals surface area contributed by atoms with Crippen LogP contribution in [0.3, 0.4) is 0 Å². The second-order valence-electron chi connectivity index (χ2n) is 7.15. The molecular formula is C19H30N2OS. The van der Waals surface area contributed by atoms with Crippen LogP contribution in [0.1, 0.15) is 50.5 Å². The third-order valence-corrected chi connectivity index (χ3v) is 6.22. The second kappa shape index (κ2) is 8.84. The fourth-order valence-electron chi connectivity index (χ4n) is 3.95. The van der Waals surface area contributed by atoms with E-state index in [4.69, 9.17) is 0 Å². The van der Waals surface area contributed by atoms with Crippen molar-refractivity contribution in [3.8, 4) is 0 Å². The van der Waals surface area contributed by atoms with E-state index in [0.29, 0.717) is 5.91 Å². The maximum atomic E-state index is 12.3. The number of hydrogen-bond acceptors (Lipinski definition) is 3. The van der Waals surface area contributed by atoms with Crippen LogP contribution >= 0.6 is 11.3 Å². The third-order valence-electron chi connectivity index (χ3n) is 5.49. The molecule has 4 heteroatoms. The fraction of sp³-hybridized carbons (Fsp3) is 0.737. The van der Waals surface area contributed by atoms with Crippen molar-refractivity contribution in [1.82, 2.24) is 9.80 Å². The normalized spacial score (nSPS) is 20.3. The maximum absolute atomic E-state index is 12.3. The number of carbonyl (C=O) groups is 1. The molecule has 1 saturated carbocycles. The molecule has 0 spiro atoms. The van der Waals surface area contributed by atoms with Crippen LogP contribution in [0.15, 0.2) is 16.8 Å². The Bertz CT molecular complexity index is 460. The Morgan fingerprint density at radius 2 is 1.96 bits per heavy atom. The van der Waals surface area contributed by atoms with Crippen molar-refractivity contribution < 1.29 is 4.79 Å². The van der Waals surface area contributed by atoms with Gasteiger partial charge >= 0.3 is 0 Å². The lowest BCUT2D eigenvalue weighted by Crippen LogP contribution is -2.48. The summed E-state index contributed by atoms with van der Waals surface area (Å²) < 4.78 is 0. The molecule has 1 saturated heterocycles. The van der Waals surface area contributed by atoms with Crippen molar-refractivity contribution in [2.75, 3.05) is 32.7 Å². The molecule has 128 valence electrons. The van der Waals surface area contributed by atoms with Crippen LogP contribution in [0.5, 0.6) is 0 Å². The molecule has 1 aliphatic carbocycles. The Hall–Kier alpha value is -0.870. The highest BCUT2D eigenvalue weighted by molar-refractivity contribution is 7.07. The summed E-state index contributed by atoms with van der Waals surface area (Å²) in [6.07, 6.45) is 9.78. The first kappa shape index (κ1) is 17.0. The van der Waals surface area contributed by atoms with Crippen LogP contribution in [0.25, 0.3) is 0 Å². The predicted molar refractivity (Wildman–Crippen MR) is 96.9 cm³/mol. The van der Waals surface area contributed by atoms with Gasteiger partial charge in [-0.15, -0.1) is 0 Å². The van der Waals surface area contributed by atoms with Gasteiger partial charge in [-0.2, -0.15) is 11.3 Å². The van der Waals surface area contributed by atoms with Crippen molar-refractivity contribution >= 4 is 17.2 Å². The Balaban J connectivity index is 1.29. The summed E-state index contributed by atoms with van der Waals surface area (Å²) in [6, 6.07) is 2.23. The minimum atomic E-state index is 0.398. The van der Waals surface area contributed by atoms with Crippen LogP contribution in [-0.2, 0) is 11.2 Å². The van der Waals surface area contributed by atoms with Crippen molar-refractivity contribution in [2.24, 2.45) is 5.92 Å². The predicted octanol–water partition coefficient (Wildman–Crippen LogP) is 3.80. The third kappa shape index (κ3) is 5.32. The van der Waals surface area contributed by atoms with Gasteiger partial charge in [0.2, 0.25) is 5.91 Å². The standard InChI is InChI=1S/C19H30N2OS/c22-19(8-7-17-4-1-2-5-17)21-13-11-20(12-14-21)10-3-6-18-9-15-23-16-18/h9,15-17H,1-8,10-14H2. The smallest absolute Gasteiger partial charge is 0.222 e. The molecule has 23 heavy (non-hydrogen) atoms. The number of thiophene rings is 1. The number of piperazine rings is 1. The molecule has 1 aromatic rings. The van der Waals surface area contributed by atoms with E-state index < -0.39 is 0 Å². The molecule has 3 rings (SSSR count). The maximum Gasteiger partial charge on any atom is 0.222 e. The Labute approximate surface area is 144 Å². The van der Waals surface area contributed by atoms with Crippen molar-refractivity contribution in [2.45, 2.75) is 51.4 Å². The van der Waals surface area contributed by atoms with E-state index in [9.17, 15) is 4.79 Å². The molecule has 0 radical (unpaired) electrons. The zero-order valence-corrected chi connectivity index (χ0v) is 15.0. The van der Waals surface area contributed by atoms with E-state index in [1.807, 2.05) is 0 Å². The summed E-state index contributed by atoms with van der Waals surface area (Å²) in [6.45, 7) is 5.14. The van der Waals surface area contributed by atoms with Crippen molar-refractivity contribution in [3.63, 3.8) is 0 Å². The molecule has 0 aromatic carbocycles. The van der Waals surface area contributed by atoms with E-state index >= 15 is 0 Å². The molecule has 1 aliphatic heterocycles. The number of carbonyl (C=O) groups excluding carboxylic acids is 1. The number of aryl methyl sites for hydroxylation is 1. The van der Waals surface area contributed by atoms with Gasteiger partial charge in [-0.1, -0.05) is 25.7 Å². The van der Waals surface area contributed by atoms with Crippen molar-refractivity contribution in [1.29, 1.82) is 0 Å². The minimum Gasteiger partial charge on any atom is -0.340 e. The highest BCUT2D eigenvalue weighted by Crippen LogP contribution is 2.28. The van der Waals surface area contributed by atoms with E-state index in [0.717, 1.165) is 44.9 Å². The summed E-state index contributed by atoms with van der Waals surface area (Å²) in [5, 5.41) is 4.41. The number of nitrogens with zero attached hydrogens (tertiary/aromatic N) is 2. The van der Waals surface area contributed by atoms with E-state index in [1.165, 1.54) is 50.6 Å². The topological polar surface area (TPSA) is 23.6 Å². The first-order valence-corrected chi connectivity index (χ1v) is 10.3. The van der Waals surface area contributed by atoms with E-state index in [-0.39, 0.29) is 0 Å². The molecular weight excluding hydrogens is 304 g/mol. The Morgan fingerprint density at radius 1 is 1.17 bits per heavy atom. The number of hydrogen-bond donors (Lipinski definition) is 0. The zero-order chi connectivity index (χ0) is 15.9. The van der Waals surface area contributed by atoms with Gasteiger partial charge < -0.3 is 4.90 Å². The van der Waals surface area contributed by atoms with Gasteiger partial charge in [0.1, 0.15) is 0 Å². The molecule has 1 aromatic heterocycles. The Kier molecular flexibility index (Phi) is 6.52. The van der Waals surface area contributed by atoms with Crippen LogP contribution in [0.4, 0.5) is 0 Å². The highest BCUT2D eigenvalue weighted by Gasteiger charge is 2.22. The zero-order valence-electron chi connectivity index (χ0n) is 14.2. The largest absolute Gasteiger partial charge is 0.340 e. The molecule has 2 heterocycles. The van der Waals surface area contributed by atoms with Crippen LogP contribution < -0.4 is 0 Å². The van der Waals surface area contributed by atoms with Gasteiger partial charge in [-0.3, -0.25) is 9.69 Å². The lowest BCUT2D eigenvalue weighted by Gasteiger charge is -2.35. The lowest BCUT2D eigenvalue weighted by molar-refractivity contribution is -0.133. The first-order chi connectivity index (χ1) is 11.3. The van der Waals surface area contributed by atoms with Crippen LogP contribution in [-0.4, -0.2) is 48.4 Å². The van der Waals surface area contributed by atoms with Gasteiger partial charge in [-0.25, -0.2) is 0 Å². The molecule has 0 unspecified atom stereocenters. The average Bonchev–Trinajstić information content (AvgIpc) is 3.27. The quantitative estimate of drug-likeness (QED) is 0.757. The lowest BCUT2D eigenvalue weighted by atomic mass is 10.0. The molecule has 0 N–H and O–H groups in total. The molecule has 1 amide bonds. The molecule has 2 fully saturated rings. The average molecular weight is 335 g/mol. The molecule has 0 bridgehead atoms. The first-order valence-electron chi connectivity index (χ1n) is 9.32. The highest BCUT2D eigenvalue weighted by atomic mass is 32.1. The minimum absolute atomic E-state index is 0.398. The van der Waals surface area contributed by atoms with Crippen LogP contribution in [0, 0.1) is 5.92 Å². The van der Waals surface area contributed by atoms with Gasteiger partial charge in [-0.05, 0) is 54.1 Å². The second-order valence-corrected chi connectivity index (χ2v) is 7.93. The van der Waals surface area contributed by atoms with Gasteiger partial charge in [0.05, 0.1) is 0 Å². The van der Waals surface area contributed by atoms with Gasteiger partial charge in [0.25, 0.3) is 0 Å². The van der Waals surface area contributed by atoms with E-state index in [2.05, 4.69) is 26.6 Å². The summed E-state index contributed by atoms with van der Waals surface area (Å²) in [5.41, 5.74) is 1.47. The molecule has 3 nitrogen and oxygen atoms in total. The summed E-state index contributed by atoms with van der Waals surface area (Å²) in [4.78, 5) is 17.0. The fourth-order valence-corrected chi connectivity index (χ4v) is 4.65. The van der Waals surface area contributed by atoms with Gasteiger partial charge in [0.15, 0.2) is 0 Å².